The molecule has 4 nitrogen and oxygen atoms in total. The molecule has 0 atom stereocenters. The number of benzene rings is 1. The van der Waals surface area contributed by atoms with E-state index in [2.05, 4.69) is 5.32 Å². The van der Waals surface area contributed by atoms with Gasteiger partial charge in [0, 0.05) is 11.8 Å². The molecular formula is C10H11NO3. The van der Waals surface area contributed by atoms with Gasteiger partial charge in [0.1, 0.15) is 5.78 Å². The highest BCUT2D eigenvalue weighted by Crippen LogP contribution is 2.33. The number of Topliss-reactive ketones (excluding diaryl/α,β-unsaturated/α-hetero) is 1. The van der Waals surface area contributed by atoms with Crippen molar-refractivity contribution in [2.24, 2.45) is 0 Å². The highest BCUT2D eigenvalue weighted by Gasteiger charge is 2.12. The van der Waals surface area contributed by atoms with E-state index in [4.69, 9.17) is 9.47 Å². The summed E-state index contributed by atoms with van der Waals surface area (Å²) in [6.45, 7) is 2.14. The summed E-state index contributed by atoms with van der Waals surface area (Å²) in [5, 5.41) is 2.99. The van der Waals surface area contributed by atoms with Crippen molar-refractivity contribution < 1.29 is 14.3 Å². The van der Waals surface area contributed by atoms with Crippen molar-refractivity contribution >= 4 is 11.5 Å². The summed E-state index contributed by atoms with van der Waals surface area (Å²) in [6.07, 6.45) is 0. The van der Waals surface area contributed by atoms with Crippen LogP contribution in [0.2, 0.25) is 0 Å². The number of carbonyl (C=O) groups excluding carboxylic acids is 1. The molecule has 0 amide bonds. The Morgan fingerprint density at radius 2 is 2.21 bits per heavy atom. The molecular weight excluding hydrogens is 182 g/mol. The first-order valence-corrected chi connectivity index (χ1v) is 4.38. The first-order chi connectivity index (χ1) is 6.75. The SMILES string of the molecule is CC(=O)CNc1ccc2c(c1)OCO2. The van der Waals surface area contributed by atoms with Gasteiger partial charge < -0.3 is 14.8 Å². The van der Waals surface area contributed by atoms with E-state index in [9.17, 15) is 4.79 Å². The fourth-order valence-electron chi connectivity index (χ4n) is 1.23. The van der Waals surface area contributed by atoms with Crippen LogP contribution in [0, 0.1) is 0 Å². The highest BCUT2D eigenvalue weighted by atomic mass is 16.7. The molecule has 1 N–H and O–H groups in total. The van der Waals surface area contributed by atoms with Crippen LogP contribution in [0.25, 0.3) is 0 Å². The van der Waals surface area contributed by atoms with Crippen LogP contribution >= 0.6 is 0 Å². The van der Waals surface area contributed by atoms with Gasteiger partial charge in [0.05, 0.1) is 6.54 Å². The number of hydrogen-bond donors (Lipinski definition) is 1. The van der Waals surface area contributed by atoms with Gasteiger partial charge in [-0.25, -0.2) is 0 Å². The van der Waals surface area contributed by atoms with Crippen LogP contribution in [-0.4, -0.2) is 19.1 Å². The Balaban J connectivity index is 2.09. The molecule has 1 heterocycles. The summed E-state index contributed by atoms with van der Waals surface area (Å²) >= 11 is 0. The zero-order chi connectivity index (χ0) is 9.97. The van der Waals surface area contributed by atoms with Crippen molar-refractivity contribution in [1.82, 2.24) is 0 Å². The molecule has 0 aliphatic carbocycles. The number of fused-ring (bicyclic) bond motifs is 1. The molecule has 0 spiro atoms. The molecule has 0 radical (unpaired) electrons. The third-order valence-electron chi connectivity index (χ3n) is 1.91. The maximum atomic E-state index is 10.7. The molecule has 4 heteroatoms. The van der Waals surface area contributed by atoms with Gasteiger partial charge in [-0.1, -0.05) is 0 Å². The van der Waals surface area contributed by atoms with Gasteiger partial charge in [-0.2, -0.15) is 0 Å². The topological polar surface area (TPSA) is 47.6 Å². The molecule has 2 rings (SSSR count). The van der Waals surface area contributed by atoms with Crippen molar-refractivity contribution in [2.45, 2.75) is 6.92 Å². The normalized spacial score (nSPS) is 12.6. The Bertz CT molecular complexity index is 362. The van der Waals surface area contributed by atoms with Gasteiger partial charge in [-0.15, -0.1) is 0 Å². The Morgan fingerprint density at radius 3 is 3.00 bits per heavy atom. The minimum atomic E-state index is 0.0997. The Morgan fingerprint density at radius 1 is 1.43 bits per heavy atom. The number of carbonyl (C=O) groups is 1. The van der Waals surface area contributed by atoms with Crippen molar-refractivity contribution in [2.75, 3.05) is 18.7 Å². The van der Waals surface area contributed by atoms with E-state index in [0.29, 0.717) is 6.54 Å². The predicted molar refractivity (Wildman–Crippen MR) is 51.7 cm³/mol. The Labute approximate surface area is 81.8 Å². The van der Waals surface area contributed by atoms with Gasteiger partial charge >= 0.3 is 0 Å². The minimum absolute atomic E-state index is 0.0997. The van der Waals surface area contributed by atoms with E-state index in [1.165, 1.54) is 0 Å². The summed E-state index contributed by atoms with van der Waals surface area (Å²) in [6, 6.07) is 5.51. The van der Waals surface area contributed by atoms with E-state index in [1.54, 1.807) is 6.92 Å². The lowest BCUT2D eigenvalue weighted by atomic mass is 10.2. The highest BCUT2D eigenvalue weighted by molar-refractivity contribution is 5.80. The van der Waals surface area contributed by atoms with Crippen LogP contribution in [0.1, 0.15) is 6.92 Å². The fraction of sp³-hybridized carbons (Fsp3) is 0.300. The first-order valence-electron chi connectivity index (χ1n) is 4.38. The van der Waals surface area contributed by atoms with Crippen LogP contribution in [0.15, 0.2) is 18.2 Å². The molecule has 0 aromatic heterocycles. The molecule has 0 saturated heterocycles. The molecule has 0 unspecified atom stereocenters. The van der Waals surface area contributed by atoms with Gasteiger partial charge in [-0.3, -0.25) is 4.79 Å². The standard InChI is InChI=1S/C10H11NO3/c1-7(12)5-11-8-2-3-9-10(4-8)14-6-13-9/h2-4,11H,5-6H2,1H3. The monoisotopic (exact) mass is 193 g/mol. The number of hydrogen-bond acceptors (Lipinski definition) is 4. The zero-order valence-corrected chi connectivity index (χ0v) is 7.87. The molecule has 1 aliphatic heterocycles. The molecule has 0 saturated carbocycles. The average Bonchev–Trinajstić information content (AvgIpc) is 2.61. The second kappa shape index (κ2) is 3.57. The summed E-state index contributed by atoms with van der Waals surface area (Å²) in [7, 11) is 0. The number of anilines is 1. The lowest BCUT2D eigenvalue weighted by Gasteiger charge is -2.04. The summed E-state index contributed by atoms with van der Waals surface area (Å²) in [5.41, 5.74) is 0.865. The molecule has 14 heavy (non-hydrogen) atoms. The second-order valence-electron chi connectivity index (χ2n) is 3.12. The minimum Gasteiger partial charge on any atom is -0.454 e. The lowest BCUT2D eigenvalue weighted by molar-refractivity contribution is -0.115. The zero-order valence-electron chi connectivity index (χ0n) is 7.87. The maximum Gasteiger partial charge on any atom is 0.231 e. The average molecular weight is 193 g/mol. The van der Waals surface area contributed by atoms with E-state index in [1.807, 2.05) is 18.2 Å². The maximum absolute atomic E-state index is 10.7. The quantitative estimate of drug-likeness (QED) is 0.788. The van der Waals surface area contributed by atoms with Crippen LogP contribution in [0.4, 0.5) is 5.69 Å². The molecule has 1 aromatic carbocycles. The van der Waals surface area contributed by atoms with Crippen LogP contribution < -0.4 is 14.8 Å². The largest absolute Gasteiger partial charge is 0.454 e. The number of nitrogens with one attached hydrogen (secondary N) is 1. The number of ether oxygens (including phenoxy) is 2. The number of ketones is 1. The van der Waals surface area contributed by atoms with Crippen molar-refractivity contribution in [3.05, 3.63) is 18.2 Å². The van der Waals surface area contributed by atoms with Crippen LogP contribution in [-0.2, 0) is 4.79 Å². The third kappa shape index (κ3) is 1.79. The fourth-order valence-corrected chi connectivity index (χ4v) is 1.23. The van der Waals surface area contributed by atoms with Crippen molar-refractivity contribution in [1.29, 1.82) is 0 Å². The summed E-state index contributed by atoms with van der Waals surface area (Å²) in [5.74, 6) is 1.57. The first kappa shape index (κ1) is 8.87. The third-order valence-corrected chi connectivity index (χ3v) is 1.91. The van der Waals surface area contributed by atoms with Crippen LogP contribution in [0.5, 0.6) is 11.5 Å². The lowest BCUT2D eigenvalue weighted by Crippen LogP contribution is -2.09. The smallest absolute Gasteiger partial charge is 0.231 e. The number of rotatable bonds is 3. The van der Waals surface area contributed by atoms with Gasteiger partial charge in [0.25, 0.3) is 0 Å². The van der Waals surface area contributed by atoms with E-state index in [0.717, 1.165) is 17.2 Å². The van der Waals surface area contributed by atoms with Gasteiger partial charge in [0.15, 0.2) is 11.5 Å². The molecule has 74 valence electrons. The molecule has 1 aliphatic rings. The predicted octanol–water partition coefficient (Wildman–Crippen LogP) is 1.42. The van der Waals surface area contributed by atoms with Crippen LogP contribution in [0.3, 0.4) is 0 Å². The van der Waals surface area contributed by atoms with Gasteiger partial charge in [-0.05, 0) is 19.1 Å². The Hall–Kier alpha value is -1.71. The summed E-state index contributed by atoms with van der Waals surface area (Å²) in [4.78, 5) is 10.7. The molecule has 1 aromatic rings. The van der Waals surface area contributed by atoms with E-state index >= 15 is 0 Å². The van der Waals surface area contributed by atoms with E-state index in [-0.39, 0.29) is 12.6 Å². The second-order valence-corrected chi connectivity index (χ2v) is 3.12. The van der Waals surface area contributed by atoms with Crippen molar-refractivity contribution in [3.8, 4) is 11.5 Å². The summed E-state index contributed by atoms with van der Waals surface area (Å²) < 4.78 is 10.4. The Kier molecular flexibility index (Phi) is 2.26. The van der Waals surface area contributed by atoms with Gasteiger partial charge in [0.2, 0.25) is 6.79 Å². The molecule has 0 fully saturated rings. The molecule has 0 bridgehead atoms. The van der Waals surface area contributed by atoms with Crippen molar-refractivity contribution in [3.63, 3.8) is 0 Å². The van der Waals surface area contributed by atoms with E-state index < -0.39 is 0 Å².